The number of fused-ring (bicyclic) bond motifs is 1. The molecule has 0 amide bonds. The van der Waals surface area contributed by atoms with E-state index in [0.717, 1.165) is 6.07 Å². The third kappa shape index (κ3) is 3.44. The summed E-state index contributed by atoms with van der Waals surface area (Å²) < 4.78 is 49.2. The number of aryl methyl sites for hydroxylation is 1. The van der Waals surface area contributed by atoms with Gasteiger partial charge < -0.3 is 14.5 Å². The minimum atomic E-state index is -4.51. The molecule has 0 saturated carbocycles. The van der Waals surface area contributed by atoms with Gasteiger partial charge in [0, 0.05) is 29.6 Å². The molecule has 1 N–H and O–H groups in total. The van der Waals surface area contributed by atoms with Crippen LogP contribution in [0.15, 0.2) is 30.3 Å². The van der Waals surface area contributed by atoms with Crippen LogP contribution in [0.25, 0.3) is 22.2 Å². The number of benzene rings is 1. The van der Waals surface area contributed by atoms with Crippen LogP contribution in [0, 0.1) is 0 Å². The van der Waals surface area contributed by atoms with Crippen molar-refractivity contribution in [2.24, 2.45) is 7.05 Å². The Bertz CT molecular complexity index is 928. The summed E-state index contributed by atoms with van der Waals surface area (Å²) in [6.07, 6.45) is -5.34. The molecule has 0 bridgehead atoms. The molecule has 0 fully saturated rings. The lowest BCUT2D eigenvalue weighted by molar-refractivity contribution is -0.141. The molecular formula is C16H14F3N3O3. The highest BCUT2D eigenvalue weighted by Crippen LogP contribution is 2.33. The van der Waals surface area contributed by atoms with E-state index in [1.165, 1.54) is 11.7 Å². The molecule has 132 valence electrons. The van der Waals surface area contributed by atoms with Gasteiger partial charge in [-0.05, 0) is 25.1 Å². The molecule has 3 aromatic rings. The average molecular weight is 353 g/mol. The maximum Gasteiger partial charge on any atom is 0.515 e. The molecule has 2 aromatic heterocycles. The Balaban J connectivity index is 1.94. The molecule has 0 radical (unpaired) electrons. The monoisotopic (exact) mass is 353 g/mol. The molecule has 6 nitrogen and oxygen atoms in total. The van der Waals surface area contributed by atoms with E-state index < -0.39 is 18.0 Å². The first-order chi connectivity index (χ1) is 11.8. The van der Waals surface area contributed by atoms with E-state index in [0.29, 0.717) is 22.2 Å². The molecule has 3 rings (SSSR count). The van der Waals surface area contributed by atoms with Crippen molar-refractivity contribution in [1.29, 1.82) is 0 Å². The molecule has 0 unspecified atom stereocenters. The van der Waals surface area contributed by atoms with Gasteiger partial charge in [0.25, 0.3) is 0 Å². The summed E-state index contributed by atoms with van der Waals surface area (Å²) in [5.74, 6) is 0.187. The summed E-state index contributed by atoms with van der Waals surface area (Å²) in [6.45, 7) is 1.84. The summed E-state index contributed by atoms with van der Waals surface area (Å²) in [5.41, 5.74) is 0.592. The fourth-order valence-electron chi connectivity index (χ4n) is 2.43. The number of ether oxygens (including phenoxy) is 2. The third-order valence-corrected chi connectivity index (χ3v) is 3.52. The van der Waals surface area contributed by atoms with Gasteiger partial charge in [0.2, 0.25) is 5.88 Å². The molecule has 0 aliphatic rings. The van der Waals surface area contributed by atoms with Crippen LogP contribution >= 0.6 is 0 Å². The lowest BCUT2D eigenvalue weighted by Crippen LogP contribution is -2.09. The van der Waals surface area contributed by atoms with Gasteiger partial charge in [-0.1, -0.05) is 6.07 Å². The van der Waals surface area contributed by atoms with Crippen molar-refractivity contribution in [1.82, 2.24) is 14.8 Å². The predicted molar refractivity (Wildman–Crippen MR) is 83.2 cm³/mol. The lowest BCUT2D eigenvalue weighted by atomic mass is 10.1. The number of H-pyrrole nitrogens is 1. The maximum atomic E-state index is 12.8. The second-order valence-corrected chi connectivity index (χ2v) is 5.26. The number of hydrogen-bond donors (Lipinski definition) is 1. The summed E-state index contributed by atoms with van der Waals surface area (Å²) in [7, 11) is 1.45. The Labute approximate surface area is 140 Å². The van der Waals surface area contributed by atoms with Gasteiger partial charge in [-0.2, -0.15) is 18.3 Å². The van der Waals surface area contributed by atoms with E-state index in [-0.39, 0.29) is 12.5 Å². The highest BCUT2D eigenvalue weighted by atomic mass is 19.4. The van der Waals surface area contributed by atoms with Crippen molar-refractivity contribution in [3.8, 4) is 17.1 Å². The zero-order chi connectivity index (χ0) is 18.2. The molecule has 25 heavy (non-hydrogen) atoms. The number of hydrogen-bond acceptors (Lipinski definition) is 4. The summed E-state index contributed by atoms with van der Waals surface area (Å²) in [4.78, 5) is 14.2. The number of aromatic amines is 1. The number of carbonyl (C=O) groups is 1. The molecule has 0 atom stereocenters. The first-order valence-electron chi connectivity index (χ1n) is 7.37. The fourth-order valence-corrected chi connectivity index (χ4v) is 2.43. The van der Waals surface area contributed by atoms with Crippen LogP contribution < -0.4 is 4.74 Å². The highest BCUT2D eigenvalue weighted by Gasteiger charge is 2.34. The topological polar surface area (TPSA) is 69.1 Å². The molecule has 0 saturated heterocycles. The zero-order valence-corrected chi connectivity index (χ0v) is 13.3. The van der Waals surface area contributed by atoms with Crippen molar-refractivity contribution in [3.63, 3.8) is 0 Å². The second kappa shape index (κ2) is 6.15. The van der Waals surface area contributed by atoms with Crippen LogP contribution in [0.2, 0.25) is 0 Å². The Morgan fingerprint density at radius 1 is 1.28 bits per heavy atom. The van der Waals surface area contributed by atoms with Crippen molar-refractivity contribution in [2.75, 3.05) is 6.61 Å². The van der Waals surface area contributed by atoms with Crippen LogP contribution in [0.5, 0.6) is 5.88 Å². The predicted octanol–water partition coefficient (Wildman–Crippen LogP) is 4.12. The summed E-state index contributed by atoms with van der Waals surface area (Å²) in [5, 5.41) is 4.17. The van der Waals surface area contributed by atoms with Gasteiger partial charge in [-0.25, -0.2) is 4.79 Å². The molecule has 0 aliphatic carbocycles. The van der Waals surface area contributed by atoms with E-state index in [4.69, 9.17) is 4.74 Å². The van der Waals surface area contributed by atoms with Gasteiger partial charge in [0.15, 0.2) is 5.69 Å². The number of carbonyl (C=O) groups excluding carboxylic acids is 1. The Morgan fingerprint density at radius 2 is 2.04 bits per heavy atom. The third-order valence-electron chi connectivity index (χ3n) is 3.52. The van der Waals surface area contributed by atoms with Crippen LogP contribution in [0.1, 0.15) is 12.6 Å². The van der Waals surface area contributed by atoms with E-state index in [1.807, 2.05) is 0 Å². The number of alkyl halides is 3. The van der Waals surface area contributed by atoms with Crippen molar-refractivity contribution in [2.45, 2.75) is 13.1 Å². The molecule has 1 aromatic carbocycles. The van der Waals surface area contributed by atoms with E-state index >= 15 is 0 Å². The zero-order valence-electron chi connectivity index (χ0n) is 13.3. The van der Waals surface area contributed by atoms with Crippen molar-refractivity contribution >= 4 is 17.1 Å². The first kappa shape index (κ1) is 16.9. The smallest absolute Gasteiger partial charge is 0.434 e. The van der Waals surface area contributed by atoms with E-state index in [1.54, 1.807) is 31.2 Å². The maximum absolute atomic E-state index is 12.8. The number of nitrogens with one attached hydrogen (secondary N) is 1. The minimum absolute atomic E-state index is 0.186. The summed E-state index contributed by atoms with van der Waals surface area (Å²) in [6, 6.07) is 7.58. The normalized spacial score (nSPS) is 11.7. The van der Waals surface area contributed by atoms with Crippen LogP contribution in [-0.4, -0.2) is 27.5 Å². The molecule has 2 heterocycles. The number of nitrogens with zero attached hydrogens (tertiary/aromatic N) is 2. The average Bonchev–Trinajstić information content (AvgIpc) is 3.09. The minimum Gasteiger partial charge on any atom is -0.434 e. The van der Waals surface area contributed by atoms with Crippen LogP contribution in [-0.2, 0) is 18.0 Å². The Kier molecular flexibility index (Phi) is 4.15. The van der Waals surface area contributed by atoms with Gasteiger partial charge in [-0.15, -0.1) is 0 Å². The van der Waals surface area contributed by atoms with Crippen molar-refractivity contribution < 1.29 is 27.4 Å². The molecule has 0 aliphatic heterocycles. The molecule has 0 spiro atoms. The number of aromatic nitrogens is 3. The summed E-state index contributed by atoms with van der Waals surface area (Å²) >= 11 is 0. The quantitative estimate of drug-likeness (QED) is 0.719. The molecule has 9 heteroatoms. The molecular weight excluding hydrogens is 339 g/mol. The lowest BCUT2D eigenvalue weighted by Gasteiger charge is -2.01. The van der Waals surface area contributed by atoms with Crippen LogP contribution in [0.4, 0.5) is 18.0 Å². The second-order valence-electron chi connectivity index (χ2n) is 5.26. The first-order valence-corrected chi connectivity index (χ1v) is 7.37. The van der Waals surface area contributed by atoms with Crippen LogP contribution in [0.3, 0.4) is 0 Å². The van der Waals surface area contributed by atoms with E-state index in [9.17, 15) is 18.0 Å². The Hall–Kier alpha value is -2.97. The highest BCUT2D eigenvalue weighted by molar-refractivity contribution is 5.86. The largest absolute Gasteiger partial charge is 0.515 e. The van der Waals surface area contributed by atoms with Gasteiger partial charge in [0.1, 0.15) is 0 Å². The van der Waals surface area contributed by atoms with Crippen molar-refractivity contribution in [3.05, 3.63) is 36.0 Å². The number of rotatable bonds is 3. The van der Waals surface area contributed by atoms with Gasteiger partial charge >= 0.3 is 12.3 Å². The fraction of sp³-hybridized carbons (Fsp3) is 0.250. The number of halogens is 3. The van der Waals surface area contributed by atoms with E-state index in [2.05, 4.69) is 14.8 Å². The standard InChI is InChI=1S/C16H14F3N3O3/c1-3-24-15(23)25-14-7-10-6-9(4-5-11(10)20-14)12-8-13(16(17,18)19)21-22(12)2/h4-8,20H,3H2,1-2H3. The Morgan fingerprint density at radius 3 is 2.68 bits per heavy atom. The SMILES string of the molecule is CCOC(=O)Oc1cc2cc(-c3cc(C(F)(F)F)nn3C)ccc2[nH]1. The van der Waals surface area contributed by atoms with Gasteiger partial charge in [-0.3, -0.25) is 4.68 Å². The van der Waals surface area contributed by atoms with Gasteiger partial charge in [0.05, 0.1) is 12.3 Å².